The molecule has 0 radical (unpaired) electrons. The zero-order chi connectivity index (χ0) is 11.0. The van der Waals surface area contributed by atoms with E-state index in [4.69, 9.17) is 11.6 Å². The van der Waals surface area contributed by atoms with E-state index in [1.54, 1.807) is 5.12 Å². The largest absolute Gasteiger partial charge is 0.397 e. The van der Waals surface area contributed by atoms with E-state index in [0.29, 0.717) is 0 Å². The number of benzene rings is 1. The lowest BCUT2D eigenvalue weighted by Gasteiger charge is -2.21. The molecule has 1 aromatic carbocycles. The number of anilines is 3. The van der Waals surface area contributed by atoms with Gasteiger partial charge in [0.2, 0.25) is 0 Å². The van der Waals surface area contributed by atoms with Gasteiger partial charge in [-0.1, -0.05) is 0 Å². The molecule has 0 saturated heterocycles. The van der Waals surface area contributed by atoms with E-state index in [-0.39, 0.29) is 0 Å². The summed E-state index contributed by atoms with van der Waals surface area (Å²) in [6, 6.07) is 3.89. The first-order chi connectivity index (χ1) is 7.15. The van der Waals surface area contributed by atoms with E-state index < -0.39 is 0 Å². The Morgan fingerprint density at radius 3 is 2.87 bits per heavy atom. The zero-order valence-electron chi connectivity index (χ0n) is 9.12. The Bertz CT molecular complexity index is 376. The molecule has 1 aliphatic rings. The van der Waals surface area contributed by atoms with Crippen LogP contribution in [0.25, 0.3) is 0 Å². The fourth-order valence-corrected chi connectivity index (χ4v) is 1.92. The van der Waals surface area contributed by atoms with Crippen LogP contribution in [0, 0.1) is 0 Å². The van der Waals surface area contributed by atoms with Gasteiger partial charge in [0.1, 0.15) is 0 Å². The van der Waals surface area contributed by atoms with Gasteiger partial charge >= 0.3 is 0 Å². The second kappa shape index (κ2) is 3.60. The van der Waals surface area contributed by atoms with Crippen molar-refractivity contribution in [2.24, 2.45) is 5.84 Å². The van der Waals surface area contributed by atoms with Crippen molar-refractivity contribution in [2.45, 2.75) is 13.5 Å². The van der Waals surface area contributed by atoms with Crippen LogP contribution >= 0.6 is 0 Å². The third-order valence-corrected chi connectivity index (χ3v) is 2.67. The summed E-state index contributed by atoms with van der Waals surface area (Å²) in [6.45, 7) is 3.76. The summed E-state index contributed by atoms with van der Waals surface area (Å²) >= 11 is 0. The van der Waals surface area contributed by atoms with E-state index in [1.807, 2.05) is 24.2 Å². The lowest BCUT2D eigenvalue weighted by atomic mass is 10.1. The lowest BCUT2D eigenvalue weighted by molar-refractivity contribution is 0.328. The second-order valence-corrected chi connectivity index (χ2v) is 3.72. The summed E-state index contributed by atoms with van der Waals surface area (Å²) in [6.07, 6.45) is 0. The van der Waals surface area contributed by atoms with Crippen LogP contribution in [-0.2, 0) is 6.54 Å². The summed E-state index contributed by atoms with van der Waals surface area (Å²) in [5.41, 5.74) is 9.83. The van der Waals surface area contributed by atoms with Crippen molar-refractivity contribution in [3.8, 4) is 0 Å². The summed E-state index contributed by atoms with van der Waals surface area (Å²) in [5, 5.41) is 6.85. The molecule has 0 atom stereocenters. The van der Waals surface area contributed by atoms with Crippen LogP contribution in [0.15, 0.2) is 12.1 Å². The molecular formula is C10H17N5. The van der Waals surface area contributed by atoms with Crippen LogP contribution in [0.3, 0.4) is 0 Å². The van der Waals surface area contributed by atoms with Crippen LogP contribution < -0.4 is 22.0 Å². The van der Waals surface area contributed by atoms with E-state index >= 15 is 0 Å². The summed E-state index contributed by atoms with van der Waals surface area (Å²) in [4.78, 5) is 0. The minimum Gasteiger partial charge on any atom is -0.397 e. The maximum absolute atomic E-state index is 5.91. The molecule has 5 N–H and O–H groups in total. The van der Waals surface area contributed by atoms with Crippen molar-refractivity contribution < 1.29 is 0 Å². The molecule has 1 aliphatic heterocycles. The Balaban J connectivity index is 2.49. The molecule has 1 heterocycles. The first kappa shape index (κ1) is 10.1. The third-order valence-electron chi connectivity index (χ3n) is 2.67. The normalized spacial score (nSPS) is 15.5. The van der Waals surface area contributed by atoms with Gasteiger partial charge in [-0.3, -0.25) is 0 Å². The fraction of sp³-hybridized carbons (Fsp3) is 0.400. The molecule has 0 aromatic heterocycles. The fourth-order valence-electron chi connectivity index (χ4n) is 1.92. The average Bonchev–Trinajstić information content (AvgIpc) is 2.50. The number of hydrogen-bond donors (Lipinski definition) is 3. The number of nitrogens with one attached hydrogen (secondary N) is 1. The minimum absolute atomic E-state index is 0.721. The second-order valence-electron chi connectivity index (χ2n) is 3.72. The molecule has 5 nitrogen and oxygen atoms in total. The Labute approximate surface area is 89.6 Å². The smallest absolute Gasteiger partial charge is 0.0997 e. The highest BCUT2D eigenvalue weighted by molar-refractivity contribution is 5.79. The van der Waals surface area contributed by atoms with Crippen molar-refractivity contribution in [1.82, 2.24) is 5.01 Å². The van der Waals surface area contributed by atoms with E-state index in [9.17, 15) is 0 Å². The maximum atomic E-state index is 5.91. The van der Waals surface area contributed by atoms with Crippen molar-refractivity contribution in [2.75, 3.05) is 29.8 Å². The molecular weight excluding hydrogens is 190 g/mol. The van der Waals surface area contributed by atoms with Crippen molar-refractivity contribution >= 4 is 17.1 Å². The van der Waals surface area contributed by atoms with Gasteiger partial charge in [0.15, 0.2) is 0 Å². The zero-order valence-corrected chi connectivity index (χ0v) is 9.12. The maximum Gasteiger partial charge on any atom is 0.0997 e. The quantitative estimate of drug-likeness (QED) is 0.493. The first-order valence-electron chi connectivity index (χ1n) is 5.06. The predicted molar refractivity (Wildman–Crippen MR) is 63.2 cm³/mol. The monoisotopic (exact) mass is 207 g/mol. The molecule has 82 valence electrons. The SMILES string of the molecule is CCNc1ccc(N)c2c1CN(C)N2N. The van der Waals surface area contributed by atoms with Crippen LogP contribution in [-0.4, -0.2) is 18.6 Å². The number of nitrogens with two attached hydrogens (primary N) is 2. The third kappa shape index (κ3) is 1.49. The Kier molecular flexibility index (Phi) is 2.42. The number of nitrogens with zero attached hydrogens (tertiary/aromatic N) is 2. The molecule has 0 fully saturated rings. The molecule has 0 bridgehead atoms. The van der Waals surface area contributed by atoms with Gasteiger partial charge in [-0.05, 0) is 19.1 Å². The molecule has 0 spiro atoms. The van der Waals surface area contributed by atoms with Gasteiger partial charge in [-0.15, -0.1) is 0 Å². The highest BCUT2D eigenvalue weighted by Gasteiger charge is 2.26. The van der Waals surface area contributed by atoms with Crippen molar-refractivity contribution in [3.05, 3.63) is 17.7 Å². The lowest BCUT2D eigenvalue weighted by Crippen LogP contribution is -2.40. The highest BCUT2D eigenvalue weighted by atomic mass is 15.8. The van der Waals surface area contributed by atoms with E-state index in [0.717, 1.165) is 30.2 Å². The van der Waals surface area contributed by atoms with Crippen LogP contribution in [0.1, 0.15) is 12.5 Å². The standard InChI is InChI=1S/C10H17N5/c1-3-13-9-5-4-8(11)10-7(9)6-14(2)15(10)12/h4-5,13H,3,6,11-12H2,1-2H3. The van der Waals surface area contributed by atoms with Crippen molar-refractivity contribution in [3.63, 3.8) is 0 Å². The van der Waals surface area contributed by atoms with Gasteiger partial charge in [-0.25, -0.2) is 16.0 Å². The number of hydrazine groups is 2. The van der Waals surface area contributed by atoms with Crippen molar-refractivity contribution in [1.29, 1.82) is 0 Å². The molecule has 0 aliphatic carbocycles. The number of nitrogen functional groups attached to an aromatic ring is 1. The summed E-state index contributed by atoms with van der Waals surface area (Å²) in [7, 11) is 1.94. The Hall–Kier alpha value is -1.46. The van der Waals surface area contributed by atoms with Gasteiger partial charge in [0.25, 0.3) is 0 Å². The number of hydrogen-bond acceptors (Lipinski definition) is 5. The van der Waals surface area contributed by atoms with Gasteiger partial charge in [0, 0.05) is 31.4 Å². The van der Waals surface area contributed by atoms with Gasteiger partial charge in [0.05, 0.1) is 11.4 Å². The topological polar surface area (TPSA) is 70.5 Å². The summed E-state index contributed by atoms with van der Waals surface area (Å²) < 4.78 is 0. The van der Waals surface area contributed by atoms with Crippen LogP contribution in [0.5, 0.6) is 0 Å². The molecule has 0 unspecified atom stereocenters. The number of fused-ring (bicyclic) bond motifs is 1. The van der Waals surface area contributed by atoms with Gasteiger partial charge in [-0.2, -0.15) is 0 Å². The van der Waals surface area contributed by atoms with E-state index in [1.165, 1.54) is 5.56 Å². The van der Waals surface area contributed by atoms with Crippen LogP contribution in [0.2, 0.25) is 0 Å². The van der Waals surface area contributed by atoms with E-state index in [2.05, 4.69) is 12.2 Å². The summed E-state index contributed by atoms with van der Waals surface area (Å²) in [5.74, 6) is 5.91. The molecule has 0 saturated carbocycles. The Morgan fingerprint density at radius 2 is 2.20 bits per heavy atom. The Morgan fingerprint density at radius 1 is 1.47 bits per heavy atom. The first-order valence-corrected chi connectivity index (χ1v) is 5.06. The molecule has 2 rings (SSSR count). The van der Waals surface area contributed by atoms with Gasteiger partial charge < -0.3 is 11.1 Å². The predicted octanol–water partition coefficient (Wildman–Crippen LogP) is 0.741. The molecule has 1 aromatic rings. The molecule has 5 heteroatoms. The average molecular weight is 207 g/mol. The molecule has 0 amide bonds. The highest BCUT2D eigenvalue weighted by Crippen LogP contribution is 2.38. The molecule has 15 heavy (non-hydrogen) atoms. The minimum atomic E-state index is 0.721. The number of rotatable bonds is 2. The van der Waals surface area contributed by atoms with Crippen LogP contribution in [0.4, 0.5) is 17.1 Å².